The van der Waals surface area contributed by atoms with Crippen molar-refractivity contribution in [2.75, 3.05) is 37.7 Å². The first-order valence-electron chi connectivity index (χ1n) is 8.13. The predicted octanol–water partition coefficient (Wildman–Crippen LogP) is 1.08. The minimum Gasteiger partial charge on any atom is -0.381 e. The summed E-state index contributed by atoms with van der Waals surface area (Å²) >= 11 is 0. The summed E-state index contributed by atoms with van der Waals surface area (Å²) in [6.07, 6.45) is 8.98. The molecule has 0 radical (unpaired) electrons. The summed E-state index contributed by atoms with van der Waals surface area (Å²) in [5, 5.41) is 0. The van der Waals surface area contributed by atoms with Crippen LogP contribution in [0.1, 0.15) is 25.7 Å². The summed E-state index contributed by atoms with van der Waals surface area (Å²) in [5.41, 5.74) is 0.944. The molecule has 1 spiro atoms. The number of anilines is 1. The molecule has 118 valence electrons. The van der Waals surface area contributed by atoms with Crippen LogP contribution in [0.5, 0.6) is 0 Å². The maximum Gasteiger partial charge on any atom is 0.227 e. The van der Waals surface area contributed by atoms with E-state index in [2.05, 4.69) is 14.9 Å². The summed E-state index contributed by atoms with van der Waals surface area (Å²) in [6, 6.07) is 0.636. The van der Waals surface area contributed by atoms with E-state index >= 15 is 0 Å². The van der Waals surface area contributed by atoms with Gasteiger partial charge in [-0.05, 0) is 25.8 Å². The molecule has 3 fully saturated rings. The van der Waals surface area contributed by atoms with Crippen LogP contribution in [-0.2, 0) is 9.53 Å². The molecule has 1 amide bonds. The van der Waals surface area contributed by atoms with Gasteiger partial charge in [-0.25, -0.2) is 9.97 Å². The van der Waals surface area contributed by atoms with E-state index in [9.17, 15) is 4.79 Å². The van der Waals surface area contributed by atoms with Crippen LogP contribution in [0.3, 0.4) is 0 Å². The predicted molar refractivity (Wildman–Crippen MR) is 81.5 cm³/mol. The fraction of sp³-hybridized carbons (Fsp3) is 0.688. The first-order valence-corrected chi connectivity index (χ1v) is 8.13. The van der Waals surface area contributed by atoms with Gasteiger partial charge < -0.3 is 9.64 Å². The van der Waals surface area contributed by atoms with Crippen molar-refractivity contribution in [1.29, 1.82) is 0 Å². The SMILES string of the molecule is O=C1CC2(CCN(C3CCOCC3)C2)CN1c1cncnc1. The number of aromatic nitrogens is 2. The van der Waals surface area contributed by atoms with E-state index < -0.39 is 0 Å². The molecule has 1 aromatic rings. The zero-order valence-corrected chi connectivity index (χ0v) is 12.8. The molecule has 0 bridgehead atoms. The molecule has 4 rings (SSSR count). The number of rotatable bonds is 2. The van der Waals surface area contributed by atoms with Gasteiger partial charge >= 0.3 is 0 Å². The van der Waals surface area contributed by atoms with Crippen LogP contribution in [0.2, 0.25) is 0 Å². The highest BCUT2D eigenvalue weighted by molar-refractivity contribution is 5.96. The van der Waals surface area contributed by atoms with Gasteiger partial charge in [0.25, 0.3) is 0 Å². The summed E-state index contributed by atoms with van der Waals surface area (Å²) in [5.74, 6) is 0.212. The lowest BCUT2D eigenvalue weighted by atomic mass is 9.86. The lowest BCUT2D eigenvalue weighted by Crippen LogP contribution is -2.40. The first kappa shape index (κ1) is 14.1. The Morgan fingerprint density at radius 1 is 1.18 bits per heavy atom. The van der Waals surface area contributed by atoms with E-state index in [1.807, 2.05) is 4.90 Å². The van der Waals surface area contributed by atoms with Gasteiger partial charge in [0.2, 0.25) is 5.91 Å². The molecule has 0 aromatic carbocycles. The first-order chi connectivity index (χ1) is 10.8. The second-order valence-corrected chi connectivity index (χ2v) is 6.82. The minimum absolute atomic E-state index is 0.116. The van der Waals surface area contributed by atoms with Crippen molar-refractivity contribution in [2.24, 2.45) is 5.41 Å². The van der Waals surface area contributed by atoms with E-state index in [-0.39, 0.29) is 11.3 Å². The molecule has 3 aliphatic heterocycles. The fourth-order valence-electron chi connectivity index (χ4n) is 4.17. The number of carbonyl (C=O) groups excluding carboxylic acids is 1. The minimum atomic E-state index is 0.116. The second kappa shape index (κ2) is 5.59. The van der Waals surface area contributed by atoms with E-state index in [1.165, 1.54) is 6.33 Å². The van der Waals surface area contributed by atoms with Crippen molar-refractivity contribution < 1.29 is 9.53 Å². The number of ether oxygens (including phenoxy) is 1. The summed E-state index contributed by atoms with van der Waals surface area (Å²) < 4.78 is 5.47. The summed E-state index contributed by atoms with van der Waals surface area (Å²) in [7, 11) is 0. The Bertz CT molecular complexity index is 546. The fourth-order valence-corrected chi connectivity index (χ4v) is 4.17. The van der Waals surface area contributed by atoms with Crippen LogP contribution in [0.15, 0.2) is 18.7 Å². The molecule has 4 heterocycles. The molecule has 3 aliphatic rings. The van der Waals surface area contributed by atoms with Crippen LogP contribution >= 0.6 is 0 Å². The van der Waals surface area contributed by atoms with Gasteiger partial charge in [-0.1, -0.05) is 0 Å². The Balaban J connectivity index is 1.46. The molecule has 6 heteroatoms. The number of nitrogens with zero attached hydrogens (tertiary/aromatic N) is 4. The lowest BCUT2D eigenvalue weighted by Gasteiger charge is -2.32. The number of hydrogen-bond acceptors (Lipinski definition) is 5. The van der Waals surface area contributed by atoms with Crippen LogP contribution in [0.25, 0.3) is 0 Å². The number of hydrogen-bond donors (Lipinski definition) is 0. The average molecular weight is 302 g/mol. The summed E-state index contributed by atoms with van der Waals surface area (Å²) in [4.78, 5) is 25.0. The van der Waals surface area contributed by atoms with E-state index in [1.54, 1.807) is 12.4 Å². The molecule has 0 aliphatic carbocycles. The average Bonchev–Trinajstić information content (AvgIpc) is 3.13. The highest BCUT2D eigenvalue weighted by atomic mass is 16.5. The Kier molecular flexibility index (Phi) is 3.58. The molecule has 1 aromatic heterocycles. The van der Waals surface area contributed by atoms with Crippen LogP contribution < -0.4 is 4.90 Å². The third-order valence-electron chi connectivity index (χ3n) is 5.35. The Morgan fingerprint density at radius 3 is 2.73 bits per heavy atom. The topological polar surface area (TPSA) is 58.6 Å². The maximum absolute atomic E-state index is 12.5. The summed E-state index contributed by atoms with van der Waals surface area (Å²) in [6.45, 7) is 4.70. The Labute approximate surface area is 130 Å². The Morgan fingerprint density at radius 2 is 1.95 bits per heavy atom. The third-order valence-corrected chi connectivity index (χ3v) is 5.35. The molecule has 22 heavy (non-hydrogen) atoms. The molecular formula is C16H22N4O2. The molecule has 6 nitrogen and oxygen atoms in total. The van der Waals surface area contributed by atoms with Crippen molar-refractivity contribution in [3.05, 3.63) is 18.7 Å². The Hall–Kier alpha value is -1.53. The molecule has 0 N–H and O–H groups in total. The molecule has 1 unspecified atom stereocenters. The van der Waals surface area contributed by atoms with Gasteiger partial charge in [-0.2, -0.15) is 0 Å². The van der Waals surface area contributed by atoms with E-state index in [0.717, 1.165) is 57.8 Å². The van der Waals surface area contributed by atoms with Crippen LogP contribution in [0, 0.1) is 5.41 Å². The zero-order valence-electron chi connectivity index (χ0n) is 12.8. The largest absolute Gasteiger partial charge is 0.381 e. The highest BCUT2D eigenvalue weighted by Crippen LogP contribution is 2.42. The van der Waals surface area contributed by atoms with Crippen molar-refractivity contribution in [3.63, 3.8) is 0 Å². The van der Waals surface area contributed by atoms with Crippen molar-refractivity contribution in [3.8, 4) is 0 Å². The van der Waals surface area contributed by atoms with Crippen molar-refractivity contribution >= 4 is 11.6 Å². The quantitative estimate of drug-likeness (QED) is 0.818. The second-order valence-electron chi connectivity index (χ2n) is 6.82. The van der Waals surface area contributed by atoms with Crippen LogP contribution in [0.4, 0.5) is 5.69 Å². The van der Waals surface area contributed by atoms with Gasteiger partial charge in [-0.3, -0.25) is 9.69 Å². The molecule has 3 saturated heterocycles. The van der Waals surface area contributed by atoms with E-state index in [0.29, 0.717) is 12.5 Å². The monoisotopic (exact) mass is 302 g/mol. The van der Waals surface area contributed by atoms with Crippen molar-refractivity contribution in [2.45, 2.75) is 31.7 Å². The maximum atomic E-state index is 12.5. The van der Waals surface area contributed by atoms with E-state index in [4.69, 9.17) is 4.74 Å². The van der Waals surface area contributed by atoms with Gasteiger partial charge in [0.05, 0.1) is 18.1 Å². The molecule has 1 atom stereocenters. The van der Waals surface area contributed by atoms with Crippen LogP contribution in [-0.4, -0.2) is 59.7 Å². The van der Waals surface area contributed by atoms with Gasteiger partial charge in [0.15, 0.2) is 0 Å². The number of amides is 1. The normalized spacial score (nSPS) is 30.5. The third kappa shape index (κ3) is 2.50. The lowest BCUT2D eigenvalue weighted by molar-refractivity contribution is -0.117. The van der Waals surface area contributed by atoms with Gasteiger partial charge in [0, 0.05) is 44.2 Å². The highest BCUT2D eigenvalue weighted by Gasteiger charge is 2.49. The molecular weight excluding hydrogens is 280 g/mol. The zero-order chi connectivity index (χ0) is 15.0. The standard InChI is InChI=1S/C16H22N4O2/c21-15-7-16(11-20(15)14-8-17-12-18-9-14)3-4-19(10-16)13-1-5-22-6-2-13/h8-9,12-13H,1-7,10-11H2. The van der Waals surface area contributed by atoms with Crippen molar-refractivity contribution in [1.82, 2.24) is 14.9 Å². The smallest absolute Gasteiger partial charge is 0.227 e. The van der Waals surface area contributed by atoms with Gasteiger partial charge in [0.1, 0.15) is 6.33 Å². The molecule has 0 saturated carbocycles. The van der Waals surface area contributed by atoms with Gasteiger partial charge in [-0.15, -0.1) is 0 Å². The number of carbonyl (C=O) groups is 1. The number of likely N-dealkylation sites (tertiary alicyclic amines) is 1.